The number of carbonyl (C=O) groups is 1. The number of rotatable bonds is 6. The second-order valence-corrected chi connectivity index (χ2v) is 4.44. The van der Waals surface area contributed by atoms with Crippen LogP contribution in [0.15, 0.2) is 0 Å². The molecule has 4 nitrogen and oxygen atoms in total. The van der Waals surface area contributed by atoms with Crippen molar-refractivity contribution in [2.45, 2.75) is 50.7 Å². The minimum atomic E-state index is -0.602. The SMILES string of the molecule is C#CCC(N)C(=O)NCCOC1CCCCC1. The Hall–Kier alpha value is -1.05. The van der Waals surface area contributed by atoms with E-state index >= 15 is 0 Å². The summed E-state index contributed by atoms with van der Waals surface area (Å²) in [5.41, 5.74) is 5.56. The van der Waals surface area contributed by atoms with Crippen LogP contribution in [-0.4, -0.2) is 31.2 Å². The summed E-state index contributed by atoms with van der Waals surface area (Å²) in [4.78, 5) is 11.4. The molecule has 1 fully saturated rings. The van der Waals surface area contributed by atoms with E-state index in [1.54, 1.807) is 0 Å². The molecule has 0 aromatic rings. The molecule has 17 heavy (non-hydrogen) atoms. The van der Waals surface area contributed by atoms with Gasteiger partial charge in [-0.05, 0) is 12.8 Å². The molecule has 0 aromatic heterocycles. The van der Waals surface area contributed by atoms with Crippen LogP contribution in [0.5, 0.6) is 0 Å². The van der Waals surface area contributed by atoms with Crippen molar-refractivity contribution >= 4 is 5.91 Å². The van der Waals surface area contributed by atoms with Crippen LogP contribution in [0.2, 0.25) is 0 Å². The zero-order valence-corrected chi connectivity index (χ0v) is 10.3. The molecule has 0 bridgehead atoms. The van der Waals surface area contributed by atoms with E-state index in [0.29, 0.717) is 19.3 Å². The van der Waals surface area contributed by atoms with E-state index in [1.807, 2.05) is 0 Å². The first-order valence-corrected chi connectivity index (χ1v) is 6.32. The summed E-state index contributed by atoms with van der Waals surface area (Å²) in [6.07, 6.45) is 11.8. The lowest BCUT2D eigenvalue weighted by Crippen LogP contribution is -2.41. The lowest BCUT2D eigenvalue weighted by Gasteiger charge is -2.22. The Balaban J connectivity index is 2.03. The molecule has 3 N–H and O–H groups in total. The van der Waals surface area contributed by atoms with Crippen LogP contribution in [0.1, 0.15) is 38.5 Å². The predicted octanol–water partition coefficient (Wildman–Crippen LogP) is 0.802. The van der Waals surface area contributed by atoms with Gasteiger partial charge in [-0.1, -0.05) is 19.3 Å². The van der Waals surface area contributed by atoms with Crippen LogP contribution in [0, 0.1) is 12.3 Å². The fourth-order valence-electron chi connectivity index (χ4n) is 1.98. The minimum Gasteiger partial charge on any atom is -0.376 e. The Kier molecular flexibility index (Phi) is 6.68. The smallest absolute Gasteiger partial charge is 0.237 e. The third kappa shape index (κ3) is 5.71. The lowest BCUT2D eigenvalue weighted by molar-refractivity contribution is -0.122. The summed E-state index contributed by atoms with van der Waals surface area (Å²) in [5, 5.41) is 2.72. The lowest BCUT2D eigenvalue weighted by atomic mass is 9.98. The Morgan fingerprint density at radius 3 is 2.82 bits per heavy atom. The molecule has 0 aromatic carbocycles. The molecule has 0 saturated heterocycles. The molecule has 1 atom stereocenters. The molecule has 96 valence electrons. The number of hydrogen-bond donors (Lipinski definition) is 2. The Bertz CT molecular complexity index is 267. The predicted molar refractivity (Wildman–Crippen MR) is 67.3 cm³/mol. The Morgan fingerprint density at radius 1 is 1.47 bits per heavy atom. The average molecular weight is 238 g/mol. The van der Waals surface area contributed by atoms with Crippen molar-refractivity contribution in [2.24, 2.45) is 5.73 Å². The van der Waals surface area contributed by atoms with E-state index in [4.69, 9.17) is 16.9 Å². The first-order valence-electron chi connectivity index (χ1n) is 6.32. The van der Waals surface area contributed by atoms with E-state index in [1.165, 1.54) is 19.3 Å². The van der Waals surface area contributed by atoms with Gasteiger partial charge in [-0.25, -0.2) is 0 Å². The molecule has 1 unspecified atom stereocenters. The number of hydrogen-bond acceptors (Lipinski definition) is 3. The zero-order valence-electron chi connectivity index (χ0n) is 10.3. The maximum atomic E-state index is 11.4. The van der Waals surface area contributed by atoms with Crippen LogP contribution in [0.3, 0.4) is 0 Å². The Labute approximate surface area is 103 Å². The van der Waals surface area contributed by atoms with Crippen molar-refractivity contribution in [3.8, 4) is 12.3 Å². The third-order valence-electron chi connectivity index (χ3n) is 2.98. The third-order valence-corrected chi connectivity index (χ3v) is 2.98. The molecule has 1 amide bonds. The molecule has 4 heteroatoms. The summed E-state index contributed by atoms with van der Waals surface area (Å²) in [6.45, 7) is 1.06. The van der Waals surface area contributed by atoms with Gasteiger partial charge in [0.15, 0.2) is 0 Å². The highest BCUT2D eigenvalue weighted by Crippen LogP contribution is 2.19. The summed E-state index contributed by atoms with van der Waals surface area (Å²) < 4.78 is 5.68. The molecule has 1 saturated carbocycles. The van der Waals surface area contributed by atoms with E-state index < -0.39 is 6.04 Å². The van der Waals surface area contributed by atoms with Gasteiger partial charge >= 0.3 is 0 Å². The van der Waals surface area contributed by atoms with Crippen molar-refractivity contribution < 1.29 is 9.53 Å². The van der Waals surface area contributed by atoms with Gasteiger partial charge in [0.25, 0.3) is 0 Å². The molecule has 1 aliphatic rings. The van der Waals surface area contributed by atoms with Crippen LogP contribution in [0.25, 0.3) is 0 Å². The first kappa shape index (κ1) is 14.0. The molecule has 0 spiro atoms. The molecular weight excluding hydrogens is 216 g/mol. The number of nitrogens with two attached hydrogens (primary N) is 1. The number of nitrogens with one attached hydrogen (secondary N) is 1. The molecule has 0 aliphatic heterocycles. The standard InChI is InChI=1S/C13H22N2O2/c1-2-6-12(14)13(16)15-9-10-17-11-7-4-3-5-8-11/h1,11-12H,3-10,14H2,(H,15,16). The summed E-state index contributed by atoms with van der Waals surface area (Å²) in [7, 11) is 0. The molecular formula is C13H22N2O2. The fourth-order valence-corrected chi connectivity index (χ4v) is 1.98. The maximum Gasteiger partial charge on any atom is 0.237 e. The highest BCUT2D eigenvalue weighted by Gasteiger charge is 2.14. The van der Waals surface area contributed by atoms with Gasteiger partial charge in [0.05, 0.1) is 18.8 Å². The largest absolute Gasteiger partial charge is 0.376 e. The number of amides is 1. The van der Waals surface area contributed by atoms with Crippen LogP contribution < -0.4 is 11.1 Å². The monoisotopic (exact) mass is 238 g/mol. The van der Waals surface area contributed by atoms with Gasteiger partial charge < -0.3 is 15.8 Å². The normalized spacial score (nSPS) is 18.4. The molecule has 0 radical (unpaired) electrons. The van der Waals surface area contributed by atoms with Crippen LogP contribution in [-0.2, 0) is 9.53 Å². The topological polar surface area (TPSA) is 64.4 Å². The second-order valence-electron chi connectivity index (χ2n) is 4.44. The average Bonchev–Trinajstić information content (AvgIpc) is 2.36. The van der Waals surface area contributed by atoms with Crippen molar-refractivity contribution in [1.29, 1.82) is 0 Å². The van der Waals surface area contributed by atoms with Gasteiger partial charge in [0.1, 0.15) is 0 Å². The Morgan fingerprint density at radius 2 is 2.18 bits per heavy atom. The highest BCUT2D eigenvalue weighted by molar-refractivity contribution is 5.81. The number of carbonyl (C=O) groups excluding carboxylic acids is 1. The summed E-state index contributed by atoms with van der Waals surface area (Å²) in [6, 6.07) is -0.602. The van der Waals surface area contributed by atoms with Gasteiger partial charge in [0, 0.05) is 13.0 Å². The van der Waals surface area contributed by atoms with Crippen LogP contribution >= 0.6 is 0 Å². The molecule has 0 heterocycles. The van der Waals surface area contributed by atoms with Gasteiger partial charge in [-0.2, -0.15) is 0 Å². The summed E-state index contributed by atoms with van der Waals surface area (Å²) in [5.74, 6) is 2.17. The minimum absolute atomic E-state index is 0.199. The van der Waals surface area contributed by atoms with Gasteiger partial charge in [-0.3, -0.25) is 4.79 Å². The summed E-state index contributed by atoms with van der Waals surface area (Å²) >= 11 is 0. The quantitative estimate of drug-likeness (QED) is 0.531. The highest BCUT2D eigenvalue weighted by atomic mass is 16.5. The van der Waals surface area contributed by atoms with Crippen molar-refractivity contribution in [3.63, 3.8) is 0 Å². The van der Waals surface area contributed by atoms with E-state index in [0.717, 1.165) is 12.8 Å². The van der Waals surface area contributed by atoms with Gasteiger partial charge in [-0.15, -0.1) is 12.3 Å². The van der Waals surface area contributed by atoms with Crippen molar-refractivity contribution in [3.05, 3.63) is 0 Å². The van der Waals surface area contributed by atoms with Crippen molar-refractivity contribution in [2.75, 3.05) is 13.2 Å². The van der Waals surface area contributed by atoms with E-state index in [9.17, 15) is 4.79 Å². The zero-order chi connectivity index (χ0) is 12.5. The number of terminal acetylenes is 1. The number of ether oxygens (including phenoxy) is 1. The van der Waals surface area contributed by atoms with Gasteiger partial charge in [0.2, 0.25) is 5.91 Å². The molecule has 1 rings (SSSR count). The van der Waals surface area contributed by atoms with Crippen molar-refractivity contribution in [1.82, 2.24) is 5.32 Å². The first-order chi connectivity index (χ1) is 8.24. The maximum absolute atomic E-state index is 11.4. The van der Waals surface area contributed by atoms with E-state index in [2.05, 4.69) is 11.2 Å². The molecule has 1 aliphatic carbocycles. The van der Waals surface area contributed by atoms with E-state index in [-0.39, 0.29) is 12.3 Å². The second kappa shape index (κ2) is 8.10. The fraction of sp³-hybridized carbons (Fsp3) is 0.769. The van der Waals surface area contributed by atoms with Crippen LogP contribution in [0.4, 0.5) is 0 Å².